The second kappa shape index (κ2) is 2.81. The molecule has 1 rings (SSSR count). The third-order valence-corrected chi connectivity index (χ3v) is 1.87. The van der Waals surface area contributed by atoms with Crippen molar-refractivity contribution in [2.24, 2.45) is 0 Å². The van der Waals surface area contributed by atoms with Crippen molar-refractivity contribution < 1.29 is 8.39 Å². The molecule has 0 saturated carbocycles. The van der Waals surface area contributed by atoms with Crippen LogP contribution in [0.1, 0.15) is 6.42 Å². The molecule has 0 aromatic carbocycles. The first-order valence-corrected chi connectivity index (χ1v) is 3.68. The van der Waals surface area contributed by atoms with Gasteiger partial charge in [-0.3, -0.25) is 4.18 Å². The van der Waals surface area contributed by atoms with Gasteiger partial charge in [0.2, 0.25) is 0 Å². The van der Waals surface area contributed by atoms with Crippen LogP contribution in [0.3, 0.4) is 0 Å². The maximum Gasteiger partial charge on any atom is 0.182 e. The van der Waals surface area contributed by atoms with Crippen molar-refractivity contribution in [3.63, 3.8) is 0 Å². The highest BCUT2D eigenvalue weighted by Gasteiger charge is 2.05. The second-order valence-corrected chi connectivity index (χ2v) is 2.61. The highest BCUT2D eigenvalue weighted by molar-refractivity contribution is 7.83. The molecule has 0 spiro atoms. The van der Waals surface area contributed by atoms with Gasteiger partial charge in [0.1, 0.15) is 0 Å². The summed E-state index contributed by atoms with van der Waals surface area (Å²) in [6, 6.07) is 0. The fourth-order valence-electron chi connectivity index (χ4n) is 0.549. The van der Waals surface area contributed by atoms with Gasteiger partial charge in [-0.1, -0.05) is 5.92 Å². The van der Waals surface area contributed by atoms with Crippen LogP contribution in [-0.4, -0.2) is 10.8 Å². The van der Waals surface area contributed by atoms with Crippen LogP contribution in [0.5, 0.6) is 0 Å². The Balaban J connectivity index is 2.74. The molecule has 0 bridgehead atoms. The fraction of sp³-hybridized carbons (Fsp3) is 0.333. The smallest absolute Gasteiger partial charge is 0.182 e. The van der Waals surface area contributed by atoms with Gasteiger partial charge >= 0.3 is 0 Å². The summed E-state index contributed by atoms with van der Waals surface area (Å²) in [5.41, 5.74) is 0.777. The van der Waals surface area contributed by atoms with Gasteiger partial charge in [-0.25, -0.2) is 4.21 Å². The van der Waals surface area contributed by atoms with Crippen LogP contribution in [-0.2, 0) is 15.3 Å². The van der Waals surface area contributed by atoms with E-state index in [-0.39, 0.29) is 0 Å². The van der Waals surface area contributed by atoms with E-state index in [9.17, 15) is 4.21 Å². The Morgan fingerprint density at radius 2 is 2.67 bits per heavy atom. The summed E-state index contributed by atoms with van der Waals surface area (Å²) in [7, 11) is 0. The number of rotatable bonds is 0. The highest BCUT2D eigenvalue weighted by atomic mass is 32.2. The van der Waals surface area contributed by atoms with E-state index in [1.54, 1.807) is 0 Å². The molecule has 0 aromatic heterocycles. The fourth-order valence-corrected chi connectivity index (χ4v) is 1.28. The lowest BCUT2D eigenvalue weighted by Gasteiger charge is -2.05. The van der Waals surface area contributed by atoms with Gasteiger partial charge in [0.25, 0.3) is 0 Å². The zero-order valence-corrected chi connectivity index (χ0v) is 5.61. The summed E-state index contributed by atoms with van der Waals surface area (Å²) in [6.07, 6.45) is 5.77. The van der Waals surface area contributed by atoms with Crippen LogP contribution < -0.4 is 0 Å². The average molecular weight is 142 g/mol. The molecule has 0 aliphatic carbocycles. The summed E-state index contributed by atoms with van der Waals surface area (Å²) >= 11 is -1.27. The van der Waals surface area contributed by atoms with Gasteiger partial charge in [-0.15, -0.1) is 6.42 Å². The maximum absolute atomic E-state index is 10.5. The quantitative estimate of drug-likeness (QED) is 0.463. The minimum atomic E-state index is -1.27. The number of hydrogen-bond acceptors (Lipinski definition) is 2. The van der Waals surface area contributed by atoms with E-state index in [2.05, 4.69) is 5.92 Å². The number of terminal acetylenes is 1. The van der Waals surface area contributed by atoms with Crippen molar-refractivity contribution in [3.8, 4) is 12.3 Å². The predicted molar refractivity (Wildman–Crippen MR) is 35.6 cm³/mol. The van der Waals surface area contributed by atoms with E-state index in [0.717, 1.165) is 5.57 Å². The predicted octanol–water partition coefficient (Wildman–Crippen LogP) is 0.588. The molecular weight excluding hydrogens is 136 g/mol. The van der Waals surface area contributed by atoms with Crippen molar-refractivity contribution in [2.45, 2.75) is 6.42 Å². The first kappa shape index (κ1) is 6.53. The highest BCUT2D eigenvalue weighted by Crippen LogP contribution is 2.08. The Kier molecular flexibility index (Phi) is 2.04. The third-order valence-electron chi connectivity index (χ3n) is 0.995. The van der Waals surface area contributed by atoms with E-state index in [1.807, 2.05) is 0 Å². The Hall–Kier alpha value is -0.590. The van der Waals surface area contributed by atoms with E-state index < -0.39 is 11.1 Å². The molecule has 48 valence electrons. The number of hydrogen-bond donors (Lipinski definition) is 0. The normalized spacial score (nSPS) is 26.6. The van der Waals surface area contributed by atoms with Crippen LogP contribution in [0.25, 0.3) is 0 Å². The third kappa shape index (κ3) is 1.67. The molecule has 1 aliphatic rings. The molecule has 3 heteroatoms. The molecule has 0 aromatic rings. The van der Waals surface area contributed by atoms with E-state index in [0.29, 0.717) is 13.0 Å². The van der Waals surface area contributed by atoms with Crippen molar-refractivity contribution in [2.75, 3.05) is 6.61 Å². The van der Waals surface area contributed by atoms with Gasteiger partial charge in [0, 0.05) is 17.4 Å². The Labute approximate surface area is 56.6 Å². The standard InChI is InChI=1S/C6H6O2S/c1-2-6-3-4-8-9(7)5-6/h1,5H,3-4H2. The molecule has 0 amide bonds. The summed E-state index contributed by atoms with van der Waals surface area (Å²) in [5.74, 6) is 2.42. The monoisotopic (exact) mass is 142 g/mol. The van der Waals surface area contributed by atoms with Gasteiger partial charge in [-0.2, -0.15) is 0 Å². The molecular formula is C6H6O2S. The van der Waals surface area contributed by atoms with Gasteiger partial charge < -0.3 is 0 Å². The van der Waals surface area contributed by atoms with Crippen LogP contribution >= 0.6 is 0 Å². The van der Waals surface area contributed by atoms with E-state index in [4.69, 9.17) is 10.6 Å². The molecule has 1 atom stereocenters. The Bertz CT molecular complexity index is 200. The first-order chi connectivity index (χ1) is 4.33. The minimum absolute atomic E-state index is 0.475. The lowest BCUT2D eigenvalue weighted by atomic mass is 10.2. The molecule has 0 radical (unpaired) electrons. The zero-order valence-electron chi connectivity index (χ0n) is 4.79. The van der Waals surface area contributed by atoms with E-state index in [1.165, 1.54) is 5.41 Å². The lowest BCUT2D eigenvalue weighted by Crippen LogP contribution is -2.04. The van der Waals surface area contributed by atoms with Gasteiger partial charge in [0.05, 0.1) is 6.61 Å². The summed E-state index contributed by atoms with van der Waals surface area (Å²) in [4.78, 5) is 0. The van der Waals surface area contributed by atoms with Crippen LogP contribution in [0.15, 0.2) is 11.0 Å². The average Bonchev–Trinajstić information content (AvgIpc) is 1.88. The molecule has 0 saturated heterocycles. The van der Waals surface area contributed by atoms with Crippen LogP contribution in [0, 0.1) is 12.3 Å². The second-order valence-electron chi connectivity index (χ2n) is 1.62. The van der Waals surface area contributed by atoms with Gasteiger partial charge in [-0.05, 0) is 0 Å². The Morgan fingerprint density at radius 3 is 3.11 bits per heavy atom. The molecule has 1 heterocycles. The van der Waals surface area contributed by atoms with Crippen molar-refractivity contribution in [1.82, 2.24) is 0 Å². The van der Waals surface area contributed by atoms with Crippen molar-refractivity contribution in [1.29, 1.82) is 0 Å². The largest absolute Gasteiger partial charge is 0.287 e. The summed E-state index contributed by atoms with van der Waals surface area (Å²) < 4.78 is 15.3. The lowest BCUT2D eigenvalue weighted by molar-refractivity contribution is 0.352. The zero-order chi connectivity index (χ0) is 6.69. The first-order valence-electron chi connectivity index (χ1n) is 2.54. The summed E-state index contributed by atoms with van der Waals surface area (Å²) in [6.45, 7) is 0.475. The molecule has 1 aliphatic heterocycles. The molecule has 0 fully saturated rings. The molecule has 0 N–H and O–H groups in total. The molecule has 1 unspecified atom stereocenters. The van der Waals surface area contributed by atoms with Crippen molar-refractivity contribution in [3.05, 3.63) is 11.0 Å². The Morgan fingerprint density at radius 1 is 1.89 bits per heavy atom. The SMILES string of the molecule is C#CC1=CS(=O)OCC1. The maximum atomic E-state index is 10.5. The van der Waals surface area contributed by atoms with E-state index >= 15 is 0 Å². The topological polar surface area (TPSA) is 26.3 Å². The van der Waals surface area contributed by atoms with Crippen molar-refractivity contribution >= 4 is 11.1 Å². The summed E-state index contributed by atoms with van der Waals surface area (Å²) in [5, 5.41) is 1.46. The molecule has 9 heavy (non-hydrogen) atoms. The minimum Gasteiger partial charge on any atom is -0.287 e. The van der Waals surface area contributed by atoms with Gasteiger partial charge in [0.15, 0.2) is 11.1 Å². The van der Waals surface area contributed by atoms with Crippen LogP contribution in [0.2, 0.25) is 0 Å². The molecule has 2 nitrogen and oxygen atoms in total. The van der Waals surface area contributed by atoms with Crippen LogP contribution in [0.4, 0.5) is 0 Å².